The molecular formula is C28H32F3N3O5. The largest absolute Gasteiger partial charge is 0.434 e. The van der Waals surface area contributed by atoms with Crippen LogP contribution in [0.4, 0.5) is 18.0 Å². The summed E-state index contributed by atoms with van der Waals surface area (Å²) in [6, 6.07) is 8.92. The first kappa shape index (κ1) is 29.7. The van der Waals surface area contributed by atoms with Crippen molar-refractivity contribution in [1.82, 2.24) is 16.0 Å². The lowest BCUT2D eigenvalue weighted by atomic mass is 9.97. The SMILES string of the molecule is CC(C)C[C@H](NC(=O)O[C@@H](c1ccccc1)C(F)(F)c1cccc(F)c1)C(=O)N[C@H](C=O)C[C@@H]1CCNC1=O. The van der Waals surface area contributed by atoms with E-state index >= 15 is 8.78 Å². The van der Waals surface area contributed by atoms with E-state index in [1.165, 1.54) is 24.3 Å². The third-order valence-electron chi connectivity index (χ3n) is 6.37. The Hall–Kier alpha value is -3.89. The topological polar surface area (TPSA) is 114 Å². The second kappa shape index (κ2) is 13.3. The minimum absolute atomic E-state index is 0.0392. The molecule has 0 aromatic heterocycles. The molecule has 3 amide bonds. The third-order valence-corrected chi connectivity index (χ3v) is 6.37. The molecule has 0 bridgehead atoms. The van der Waals surface area contributed by atoms with Crippen molar-refractivity contribution in [2.75, 3.05) is 6.54 Å². The molecule has 1 saturated heterocycles. The average molecular weight is 548 g/mol. The highest BCUT2D eigenvalue weighted by Crippen LogP contribution is 2.43. The van der Waals surface area contributed by atoms with E-state index in [9.17, 15) is 23.6 Å². The van der Waals surface area contributed by atoms with E-state index in [1.807, 2.05) is 0 Å². The number of benzene rings is 2. The Kier molecular flexibility index (Phi) is 10.1. The third kappa shape index (κ3) is 8.05. The highest BCUT2D eigenvalue weighted by molar-refractivity contribution is 5.88. The fourth-order valence-corrected chi connectivity index (χ4v) is 4.42. The zero-order valence-electron chi connectivity index (χ0n) is 21.7. The van der Waals surface area contributed by atoms with Crippen molar-refractivity contribution in [2.45, 2.75) is 57.2 Å². The standard InChI is InChI=1S/C28H32F3N3O5/c1-17(2)13-23(26(37)33-22(16-35)14-19-11-12-32-25(19)36)34-27(38)39-24(18-7-4-3-5-8-18)28(30,31)20-9-6-10-21(29)15-20/h3-10,15-17,19,22-24H,11-14H2,1-2H3,(H,32,36)(H,33,37)(H,34,38)/t19-,22-,23-,24-/m0/s1. The molecule has 11 heteroatoms. The van der Waals surface area contributed by atoms with E-state index in [1.54, 1.807) is 19.9 Å². The summed E-state index contributed by atoms with van der Waals surface area (Å²) in [5.41, 5.74) is -0.729. The van der Waals surface area contributed by atoms with Crippen LogP contribution in [0.2, 0.25) is 0 Å². The van der Waals surface area contributed by atoms with Gasteiger partial charge in [0.05, 0.1) is 6.04 Å². The number of alkyl carbamates (subject to hydrolysis) is 1. The van der Waals surface area contributed by atoms with Gasteiger partial charge in [-0.1, -0.05) is 56.3 Å². The number of carbonyl (C=O) groups is 4. The molecule has 3 N–H and O–H groups in total. The summed E-state index contributed by atoms with van der Waals surface area (Å²) in [5.74, 6) is -6.15. The quantitative estimate of drug-likeness (QED) is 0.348. The fourth-order valence-electron chi connectivity index (χ4n) is 4.42. The number of amides is 3. The summed E-state index contributed by atoms with van der Waals surface area (Å²) < 4.78 is 50.1. The maximum absolute atomic E-state index is 15.6. The summed E-state index contributed by atoms with van der Waals surface area (Å²) in [6.07, 6.45) is -2.17. The van der Waals surface area contributed by atoms with Crippen LogP contribution in [0.25, 0.3) is 0 Å². The number of ether oxygens (including phenoxy) is 1. The Labute approximate surface area is 224 Å². The summed E-state index contributed by atoms with van der Waals surface area (Å²) >= 11 is 0. The second-order valence-electron chi connectivity index (χ2n) is 9.92. The van der Waals surface area contributed by atoms with Crippen LogP contribution >= 0.6 is 0 Å². The van der Waals surface area contributed by atoms with Crippen molar-refractivity contribution in [3.63, 3.8) is 0 Å². The van der Waals surface area contributed by atoms with Gasteiger partial charge in [0.25, 0.3) is 0 Å². The van der Waals surface area contributed by atoms with Crippen LogP contribution in [0.1, 0.15) is 50.3 Å². The van der Waals surface area contributed by atoms with Crippen LogP contribution in [-0.4, -0.2) is 42.8 Å². The summed E-state index contributed by atoms with van der Waals surface area (Å²) in [6.45, 7) is 4.06. The lowest BCUT2D eigenvalue weighted by Crippen LogP contribution is -2.51. The number of rotatable bonds is 12. The fraction of sp³-hybridized carbons (Fsp3) is 0.429. The second-order valence-corrected chi connectivity index (χ2v) is 9.92. The molecule has 2 aromatic rings. The zero-order chi connectivity index (χ0) is 28.6. The van der Waals surface area contributed by atoms with Crippen LogP contribution in [0.5, 0.6) is 0 Å². The highest BCUT2D eigenvalue weighted by atomic mass is 19.3. The molecule has 210 valence electrons. The molecular weight excluding hydrogens is 515 g/mol. The Morgan fingerprint density at radius 2 is 1.85 bits per heavy atom. The molecule has 1 aliphatic heterocycles. The molecule has 2 aromatic carbocycles. The molecule has 1 fully saturated rings. The van der Waals surface area contributed by atoms with Gasteiger partial charge in [-0.2, -0.15) is 8.78 Å². The van der Waals surface area contributed by atoms with Crippen LogP contribution in [0, 0.1) is 17.7 Å². The number of carbonyl (C=O) groups excluding carboxylic acids is 4. The first-order chi connectivity index (χ1) is 18.5. The van der Waals surface area contributed by atoms with E-state index in [0.29, 0.717) is 25.3 Å². The molecule has 3 rings (SSSR count). The highest BCUT2D eigenvalue weighted by Gasteiger charge is 2.46. The van der Waals surface area contributed by atoms with Gasteiger partial charge in [0.1, 0.15) is 18.1 Å². The Morgan fingerprint density at radius 1 is 1.13 bits per heavy atom. The average Bonchev–Trinajstić information content (AvgIpc) is 3.30. The summed E-state index contributed by atoms with van der Waals surface area (Å²) in [7, 11) is 0. The normalized spacial score (nSPS) is 17.6. The van der Waals surface area contributed by atoms with Gasteiger partial charge in [-0.15, -0.1) is 0 Å². The van der Waals surface area contributed by atoms with Crippen LogP contribution < -0.4 is 16.0 Å². The first-order valence-corrected chi connectivity index (χ1v) is 12.7. The zero-order valence-corrected chi connectivity index (χ0v) is 21.7. The maximum Gasteiger partial charge on any atom is 0.408 e. The van der Waals surface area contributed by atoms with Crippen molar-refractivity contribution in [1.29, 1.82) is 0 Å². The number of alkyl halides is 2. The van der Waals surface area contributed by atoms with Crippen molar-refractivity contribution in [3.05, 3.63) is 71.5 Å². The number of hydrogen-bond donors (Lipinski definition) is 3. The van der Waals surface area contributed by atoms with Crippen LogP contribution in [0.15, 0.2) is 54.6 Å². The molecule has 1 heterocycles. The van der Waals surface area contributed by atoms with Gasteiger partial charge in [0, 0.05) is 18.0 Å². The molecule has 4 atom stereocenters. The number of halogens is 3. The Bertz CT molecular complexity index is 1160. The predicted octanol–water partition coefficient (Wildman–Crippen LogP) is 4.01. The van der Waals surface area contributed by atoms with Gasteiger partial charge in [-0.25, -0.2) is 9.18 Å². The Balaban J connectivity index is 1.77. The molecule has 0 radical (unpaired) electrons. The number of nitrogens with one attached hydrogen (secondary N) is 3. The Morgan fingerprint density at radius 3 is 2.44 bits per heavy atom. The summed E-state index contributed by atoms with van der Waals surface area (Å²) in [5, 5.41) is 7.53. The van der Waals surface area contributed by atoms with Crippen molar-refractivity contribution >= 4 is 24.2 Å². The molecule has 0 spiro atoms. The molecule has 39 heavy (non-hydrogen) atoms. The van der Waals surface area contributed by atoms with Crippen molar-refractivity contribution < 1.29 is 37.1 Å². The summed E-state index contributed by atoms with van der Waals surface area (Å²) in [4.78, 5) is 49.4. The molecule has 0 unspecified atom stereocenters. The minimum atomic E-state index is -3.82. The van der Waals surface area contributed by atoms with E-state index in [4.69, 9.17) is 4.74 Å². The predicted molar refractivity (Wildman–Crippen MR) is 136 cm³/mol. The van der Waals surface area contributed by atoms with Crippen LogP contribution in [-0.2, 0) is 25.0 Å². The first-order valence-electron chi connectivity index (χ1n) is 12.7. The number of aldehydes is 1. The maximum atomic E-state index is 15.6. The van der Waals surface area contributed by atoms with E-state index in [-0.39, 0.29) is 30.2 Å². The van der Waals surface area contributed by atoms with Crippen LogP contribution in [0.3, 0.4) is 0 Å². The molecule has 8 nitrogen and oxygen atoms in total. The van der Waals surface area contributed by atoms with E-state index in [0.717, 1.165) is 18.2 Å². The molecule has 0 aliphatic carbocycles. The van der Waals surface area contributed by atoms with Gasteiger partial charge in [-0.05, 0) is 42.9 Å². The van der Waals surface area contributed by atoms with E-state index < -0.39 is 53.4 Å². The smallest absolute Gasteiger partial charge is 0.408 e. The van der Waals surface area contributed by atoms with Crippen molar-refractivity contribution in [2.24, 2.45) is 11.8 Å². The number of hydrogen-bond acceptors (Lipinski definition) is 5. The van der Waals surface area contributed by atoms with Gasteiger partial charge < -0.3 is 25.5 Å². The minimum Gasteiger partial charge on any atom is -0.434 e. The van der Waals surface area contributed by atoms with Gasteiger partial charge in [0.15, 0.2) is 6.10 Å². The van der Waals surface area contributed by atoms with Crippen molar-refractivity contribution in [3.8, 4) is 0 Å². The van der Waals surface area contributed by atoms with E-state index in [2.05, 4.69) is 16.0 Å². The lowest BCUT2D eigenvalue weighted by molar-refractivity contribution is -0.129. The molecule has 0 saturated carbocycles. The van der Waals surface area contributed by atoms with Gasteiger partial charge in [0.2, 0.25) is 11.8 Å². The lowest BCUT2D eigenvalue weighted by Gasteiger charge is -2.29. The molecule has 1 aliphatic rings. The van der Waals surface area contributed by atoms with Gasteiger partial charge in [-0.3, -0.25) is 9.59 Å². The van der Waals surface area contributed by atoms with Gasteiger partial charge >= 0.3 is 12.0 Å². The monoisotopic (exact) mass is 547 g/mol.